The number of oxazole rings is 1. The molecule has 0 aliphatic heterocycles. The number of aromatic nitrogens is 1. The molecule has 0 aliphatic carbocycles. The number of halogens is 1. The number of aliphatic hydroxyl groups excluding tert-OH is 1. The topological polar surface area (TPSA) is 80.4 Å². The van der Waals surface area contributed by atoms with Crippen LogP contribution in [0.2, 0.25) is 5.02 Å². The van der Waals surface area contributed by atoms with Crippen LogP contribution >= 0.6 is 22.9 Å². The van der Waals surface area contributed by atoms with Crippen molar-refractivity contribution in [3.63, 3.8) is 0 Å². The van der Waals surface area contributed by atoms with Gasteiger partial charge in [0, 0.05) is 10.6 Å². The Kier molecular flexibility index (Phi) is 5.29. The first-order valence-electron chi connectivity index (χ1n) is 7.49. The fourth-order valence-electron chi connectivity index (χ4n) is 2.41. The van der Waals surface area contributed by atoms with Gasteiger partial charge >= 0.3 is 0 Å². The summed E-state index contributed by atoms with van der Waals surface area (Å²) in [6.07, 6.45) is -1.19. The number of benzene rings is 1. The van der Waals surface area contributed by atoms with E-state index in [2.05, 4.69) is 4.98 Å². The van der Waals surface area contributed by atoms with Gasteiger partial charge in [-0.05, 0) is 24.4 Å². The summed E-state index contributed by atoms with van der Waals surface area (Å²) in [6, 6.07) is 10.4. The number of aliphatic hydroxyl groups is 1. The van der Waals surface area contributed by atoms with E-state index in [1.165, 1.54) is 11.3 Å². The molecule has 8 heteroatoms. The number of aryl methyl sites for hydroxylation is 1. The molecule has 25 heavy (non-hydrogen) atoms. The van der Waals surface area contributed by atoms with Crippen LogP contribution in [0.15, 0.2) is 46.2 Å². The average Bonchev–Trinajstić information content (AvgIpc) is 3.17. The van der Waals surface area contributed by atoms with Gasteiger partial charge in [-0.25, -0.2) is 13.4 Å². The molecule has 0 saturated heterocycles. The minimum atomic E-state index is -3.60. The van der Waals surface area contributed by atoms with E-state index < -0.39 is 21.7 Å². The molecule has 0 amide bonds. The van der Waals surface area contributed by atoms with Crippen molar-refractivity contribution < 1.29 is 17.9 Å². The molecule has 132 valence electrons. The van der Waals surface area contributed by atoms with Crippen LogP contribution in [0.4, 0.5) is 0 Å². The van der Waals surface area contributed by atoms with E-state index in [1.807, 2.05) is 17.5 Å². The lowest BCUT2D eigenvalue weighted by Crippen LogP contribution is -2.17. The van der Waals surface area contributed by atoms with Gasteiger partial charge in [-0.2, -0.15) is 0 Å². The molecule has 2 heterocycles. The van der Waals surface area contributed by atoms with Crippen LogP contribution < -0.4 is 0 Å². The summed E-state index contributed by atoms with van der Waals surface area (Å²) in [5.74, 6) is 0.135. The Hall–Kier alpha value is -1.67. The first kappa shape index (κ1) is 18.1. The van der Waals surface area contributed by atoms with Crippen molar-refractivity contribution in [3.8, 4) is 10.8 Å². The standard InChI is InChI=1S/C17H16ClNO4S2/c1-11-14(19-17(23-11)16-7-4-8-24-16)9-25(21,22)10-15(20)12-5-2-3-6-13(12)18/h2-8,15,20H,9-10H2,1H3. The van der Waals surface area contributed by atoms with Crippen molar-refractivity contribution in [1.29, 1.82) is 0 Å². The van der Waals surface area contributed by atoms with Gasteiger partial charge < -0.3 is 9.52 Å². The molecule has 1 unspecified atom stereocenters. The summed E-state index contributed by atoms with van der Waals surface area (Å²) in [5.41, 5.74) is 0.749. The van der Waals surface area contributed by atoms with Crippen molar-refractivity contribution in [2.24, 2.45) is 0 Å². The monoisotopic (exact) mass is 397 g/mol. The highest BCUT2D eigenvalue weighted by Gasteiger charge is 2.24. The molecule has 1 N–H and O–H groups in total. The molecular formula is C17H16ClNO4S2. The van der Waals surface area contributed by atoms with Gasteiger partial charge in [0.05, 0.1) is 28.2 Å². The zero-order valence-corrected chi connectivity index (χ0v) is 15.7. The lowest BCUT2D eigenvalue weighted by Gasteiger charge is -2.12. The normalized spacial score (nSPS) is 13.1. The molecule has 5 nitrogen and oxygen atoms in total. The van der Waals surface area contributed by atoms with E-state index in [4.69, 9.17) is 16.0 Å². The molecule has 2 aromatic heterocycles. The summed E-state index contributed by atoms with van der Waals surface area (Å²) < 4.78 is 30.5. The average molecular weight is 398 g/mol. The number of thiophene rings is 1. The SMILES string of the molecule is Cc1oc(-c2cccs2)nc1CS(=O)(=O)CC(O)c1ccccc1Cl. The first-order valence-corrected chi connectivity index (χ1v) is 10.6. The molecule has 3 rings (SSSR count). The highest BCUT2D eigenvalue weighted by atomic mass is 35.5. The van der Waals surface area contributed by atoms with Gasteiger partial charge in [0.1, 0.15) is 5.76 Å². The predicted octanol–water partition coefficient (Wildman–Crippen LogP) is 4.01. The molecule has 1 aromatic carbocycles. The smallest absolute Gasteiger partial charge is 0.236 e. The summed E-state index contributed by atoms with van der Waals surface area (Å²) >= 11 is 7.48. The minimum absolute atomic E-state index is 0.296. The third kappa shape index (κ3) is 4.30. The Morgan fingerprint density at radius 1 is 1.28 bits per heavy atom. The molecule has 0 fully saturated rings. The Labute approximate surface area is 154 Å². The van der Waals surface area contributed by atoms with Gasteiger partial charge in [0.2, 0.25) is 5.89 Å². The van der Waals surface area contributed by atoms with Gasteiger partial charge in [-0.3, -0.25) is 0 Å². The third-order valence-electron chi connectivity index (χ3n) is 3.66. The van der Waals surface area contributed by atoms with Crippen molar-refractivity contribution in [3.05, 3.63) is 63.8 Å². The van der Waals surface area contributed by atoms with Crippen LogP contribution in [0.1, 0.15) is 23.1 Å². The second-order valence-electron chi connectivity index (χ2n) is 5.59. The third-order valence-corrected chi connectivity index (χ3v) is 6.40. The lowest BCUT2D eigenvalue weighted by atomic mass is 10.1. The van der Waals surface area contributed by atoms with Gasteiger partial charge in [-0.1, -0.05) is 35.9 Å². The van der Waals surface area contributed by atoms with Crippen molar-refractivity contribution in [2.45, 2.75) is 18.8 Å². The van der Waals surface area contributed by atoms with E-state index in [-0.39, 0.29) is 5.75 Å². The largest absolute Gasteiger partial charge is 0.440 e. The van der Waals surface area contributed by atoms with Crippen LogP contribution in [0.3, 0.4) is 0 Å². The number of hydrogen-bond donors (Lipinski definition) is 1. The molecule has 0 spiro atoms. The second-order valence-corrected chi connectivity index (χ2v) is 9.06. The number of hydrogen-bond acceptors (Lipinski definition) is 6. The fraction of sp³-hybridized carbons (Fsp3) is 0.235. The summed E-state index contributed by atoms with van der Waals surface area (Å²) in [5, 5.41) is 12.5. The molecule has 3 aromatic rings. The fourth-order valence-corrected chi connectivity index (χ4v) is 4.78. The lowest BCUT2D eigenvalue weighted by molar-refractivity contribution is 0.201. The van der Waals surface area contributed by atoms with E-state index in [0.29, 0.717) is 27.9 Å². The summed E-state index contributed by atoms with van der Waals surface area (Å²) in [4.78, 5) is 5.13. The van der Waals surface area contributed by atoms with Crippen LogP contribution in [0.5, 0.6) is 0 Å². The predicted molar refractivity (Wildman–Crippen MR) is 98.5 cm³/mol. The molecule has 0 bridgehead atoms. The maximum absolute atomic E-state index is 12.5. The number of sulfone groups is 1. The summed E-state index contributed by atoms with van der Waals surface area (Å²) in [6.45, 7) is 1.68. The Balaban J connectivity index is 1.77. The number of nitrogens with zero attached hydrogens (tertiary/aromatic N) is 1. The minimum Gasteiger partial charge on any atom is -0.440 e. The first-order chi connectivity index (χ1) is 11.9. The van der Waals surface area contributed by atoms with Gasteiger partial charge in [-0.15, -0.1) is 11.3 Å². The Bertz CT molecular complexity index is 964. The molecule has 0 saturated carbocycles. The quantitative estimate of drug-likeness (QED) is 0.679. The Morgan fingerprint density at radius 3 is 2.72 bits per heavy atom. The molecule has 1 atom stereocenters. The van der Waals surface area contributed by atoms with Crippen molar-refractivity contribution in [1.82, 2.24) is 4.98 Å². The Morgan fingerprint density at radius 2 is 2.04 bits per heavy atom. The van der Waals surface area contributed by atoms with Gasteiger partial charge in [0.15, 0.2) is 9.84 Å². The maximum Gasteiger partial charge on any atom is 0.236 e. The van der Waals surface area contributed by atoms with Crippen molar-refractivity contribution >= 4 is 32.8 Å². The van der Waals surface area contributed by atoms with Crippen molar-refractivity contribution in [2.75, 3.05) is 5.75 Å². The zero-order chi connectivity index (χ0) is 18.0. The van der Waals surface area contributed by atoms with Crippen LogP contribution in [-0.2, 0) is 15.6 Å². The van der Waals surface area contributed by atoms with Crippen LogP contribution in [-0.4, -0.2) is 24.3 Å². The molecule has 0 radical (unpaired) electrons. The zero-order valence-electron chi connectivity index (χ0n) is 13.3. The highest BCUT2D eigenvalue weighted by Crippen LogP contribution is 2.28. The van der Waals surface area contributed by atoms with E-state index in [9.17, 15) is 13.5 Å². The van der Waals surface area contributed by atoms with Crippen LogP contribution in [0.25, 0.3) is 10.8 Å². The summed E-state index contributed by atoms with van der Waals surface area (Å²) in [7, 11) is -3.60. The van der Waals surface area contributed by atoms with E-state index in [0.717, 1.165) is 4.88 Å². The molecular weight excluding hydrogens is 382 g/mol. The van der Waals surface area contributed by atoms with E-state index >= 15 is 0 Å². The highest BCUT2D eigenvalue weighted by molar-refractivity contribution is 7.90. The maximum atomic E-state index is 12.5. The number of rotatable bonds is 6. The van der Waals surface area contributed by atoms with Gasteiger partial charge in [0.25, 0.3) is 0 Å². The second kappa shape index (κ2) is 7.29. The van der Waals surface area contributed by atoms with E-state index in [1.54, 1.807) is 31.2 Å². The molecule has 0 aliphatic rings. The van der Waals surface area contributed by atoms with Crippen LogP contribution in [0, 0.1) is 6.92 Å².